The van der Waals surface area contributed by atoms with Crippen LogP contribution in [0, 0.1) is 13.8 Å². The Morgan fingerprint density at radius 2 is 1.80 bits per heavy atom. The van der Waals surface area contributed by atoms with E-state index in [0.29, 0.717) is 13.1 Å². The van der Waals surface area contributed by atoms with Gasteiger partial charge in [0.15, 0.2) is 0 Å². The minimum absolute atomic E-state index is 0.161. The molecule has 0 spiro atoms. The van der Waals surface area contributed by atoms with Crippen molar-refractivity contribution in [2.45, 2.75) is 40.3 Å². The Bertz CT molecular complexity index is 663. The third kappa shape index (κ3) is 5.36. The van der Waals surface area contributed by atoms with Crippen molar-refractivity contribution in [3.05, 3.63) is 59.0 Å². The van der Waals surface area contributed by atoms with Crippen LogP contribution < -0.4 is 10.6 Å². The van der Waals surface area contributed by atoms with Gasteiger partial charge in [0.25, 0.3) is 0 Å². The highest BCUT2D eigenvalue weighted by Crippen LogP contribution is 2.19. The Morgan fingerprint density at radius 1 is 1.12 bits per heavy atom. The van der Waals surface area contributed by atoms with Crippen LogP contribution in [0.4, 0.5) is 4.79 Å². The zero-order valence-electron chi connectivity index (χ0n) is 15.6. The molecule has 5 heteroatoms. The molecule has 0 saturated heterocycles. The molecular formula is C20H29N3O2. The number of nitrogens with one attached hydrogen (secondary N) is 2. The number of nitrogens with zero attached hydrogens (tertiary/aromatic N) is 1. The maximum Gasteiger partial charge on any atom is 0.315 e. The van der Waals surface area contributed by atoms with Crippen molar-refractivity contribution in [1.82, 2.24) is 15.5 Å². The molecule has 0 saturated carbocycles. The minimum Gasteiger partial charge on any atom is -0.466 e. The molecular weight excluding hydrogens is 314 g/mol. The van der Waals surface area contributed by atoms with Gasteiger partial charge in [-0.15, -0.1) is 0 Å². The topological polar surface area (TPSA) is 57.5 Å². The molecule has 1 unspecified atom stereocenters. The van der Waals surface area contributed by atoms with Crippen LogP contribution in [-0.2, 0) is 6.54 Å². The van der Waals surface area contributed by atoms with Gasteiger partial charge in [-0.1, -0.05) is 44.2 Å². The minimum atomic E-state index is -0.161. The fourth-order valence-electron chi connectivity index (χ4n) is 3.08. The molecule has 1 atom stereocenters. The molecule has 0 aliphatic rings. The van der Waals surface area contributed by atoms with Gasteiger partial charge in [-0.3, -0.25) is 4.90 Å². The van der Waals surface area contributed by atoms with E-state index in [1.54, 1.807) is 0 Å². The zero-order chi connectivity index (χ0) is 18.2. The molecule has 0 fully saturated rings. The largest absolute Gasteiger partial charge is 0.466 e. The van der Waals surface area contributed by atoms with E-state index in [4.69, 9.17) is 4.42 Å². The van der Waals surface area contributed by atoms with E-state index in [2.05, 4.69) is 41.5 Å². The summed E-state index contributed by atoms with van der Waals surface area (Å²) >= 11 is 0. The van der Waals surface area contributed by atoms with Crippen LogP contribution in [-0.4, -0.2) is 30.6 Å². The lowest BCUT2D eigenvalue weighted by atomic mass is 10.1. The van der Waals surface area contributed by atoms with Crippen molar-refractivity contribution in [2.24, 2.45) is 0 Å². The van der Waals surface area contributed by atoms with Gasteiger partial charge in [0.05, 0.1) is 6.04 Å². The fourth-order valence-corrected chi connectivity index (χ4v) is 3.08. The molecule has 136 valence electrons. The van der Waals surface area contributed by atoms with Crippen molar-refractivity contribution in [3.63, 3.8) is 0 Å². The van der Waals surface area contributed by atoms with E-state index in [1.165, 1.54) is 5.56 Å². The molecule has 25 heavy (non-hydrogen) atoms. The number of amides is 2. The molecule has 2 aromatic rings. The Balaban J connectivity index is 1.93. The lowest BCUT2D eigenvalue weighted by Crippen LogP contribution is -2.42. The summed E-state index contributed by atoms with van der Waals surface area (Å²) < 4.78 is 5.49. The Hall–Kier alpha value is -2.27. The molecule has 2 rings (SSSR count). The van der Waals surface area contributed by atoms with Crippen LogP contribution in [0.2, 0.25) is 0 Å². The summed E-state index contributed by atoms with van der Waals surface area (Å²) in [5.74, 6) is 1.71. The van der Waals surface area contributed by atoms with Crippen LogP contribution in [0.1, 0.15) is 42.5 Å². The van der Waals surface area contributed by atoms with Crippen LogP contribution >= 0.6 is 0 Å². The Kier molecular flexibility index (Phi) is 7.07. The number of carbonyl (C=O) groups is 1. The Labute approximate surface area is 150 Å². The molecule has 2 amide bonds. The normalized spacial score (nSPS) is 12.2. The molecule has 0 aliphatic heterocycles. The zero-order valence-corrected chi connectivity index (χ0v) is 15.6. The highest BCUT2D eigenvalue weighted by molar-refractivity contribution is 5.73. The summed E-state index contributed by atoms with van der Waals surface area (Å²) in [6.07, 6.45) is 0. The number of carbonyl (C=O) groups excluding carboxylic acids is 1. The second-order valence-electron chi connectivity index (χ2n) is 6.15. The lowest BCUT2D eigenvalue weighted by molar-refractivity contribution is 0.206. The quantitative estimate of drug-likeness (QED) is 0.767. The van der Waals surface area contributed by atoms with E-state index in [9.17, 15) is 4.79 Å². The first-order valence-corrected chi connectivity index (χ1v) is 8.91. The van der Waals surface area contributed by atoms with E-state index in [0.717, 1.165) is 30.2 Å². The van der Waals surface area contributed by atoms with Gasteiger partial charge in [0.2, 0.25) is 0 Å². The van der Waals surface area contributed by atoms with Crippen LogP contribution in [0.3, 0.4) is 0 Å². The molecule has 1 aromatic heterocycles. The summed E-state index contributed by atoms with van der Waals surface area (Å²) in [4.78, 5) is 14.5. The molecule has 0 bridgehead atoms. The van der Waals surface area contributed by atoms with Crippen molar-refractivity contribution >= 4 is 6.03 Å². The van der Waals surface area contributed by atoms with E-state index in [1.807, 2.05) is 38.1 Å². The van der Waals surface area contributed by atoms with Crippen molar-refractivity contribution < 1.29 is 9.21 Å². The molecule has 1 heterocycles. The molecule has 0 radical (unpaired) electrons. The van der Waals surface area contributed by atoms with E-state index in [-0.39, 0.29) is 12.1 Å². The number of aryl methyl sites for hydroxylation is 2. The highest BCUT2D eigenvalue weighted by atomic mass is 16.3. The van der Waals surface area contributed by atoms with Crippen LogP contribution in [0.5, 0.6) is 0 Å². The molecule has 5 nitrogen and oxygen atoms in total. The first kappa shape index (κ1) is 19.1. The SMILES string of the molecule is CCN(CC)C(CNC(=O)NCc1cc(C)oc1C)c1ccccc1. The second kappa shape index (κ2) is 9.28. The summed E-state index contributed by atoms with van der Waals surface area (Å²) in [5.41, 5.74) is 2.23. The predicted octanol–water partition coefficient (Wildman–Crippen LogP) is 3.78. The maximum absolute atomic E-state index is 12.2. The summed E-state index contributed by atoms with van der Waals surface area (Å²) in [5, 5.41) is 5.91. The van der Waals surface area contributed by atoms with Gasteiger partial charge >= 0.3 is 6.03 Å². The highest BCUT2D eigenvalue weighted by Gasteiger charge is 2.18. The van der Waals surface area contributed by atoms with Gasteiger partial charge < -0.3 is 15.1 Å². The van der Waals surface area contributed by atoms with Crippen molar-refractivity contribution in [1.29, 1.82) is 0 Å². The average molecular weight is 343 g/mol. The predicted molar refractivity (Wildman–Crippen MR) is 101 cm³/mol. The monoisotopic (exact) mass is 343 g/mol. The van der Waals surface area contributed by atoms with Crippen LogP contribution in [0.15, 0.2) is 40.8 Å². The van der Waals surface area contributed by atoms with Crippen molar-refractivity contribution in [3.8, 4) is 0 Å². The molecule has 0 aliphatic carbocycles. The summed E-state index contributed by atoms with van der Waals surface area (Å²) in [6, 6.07) is 12.3. The smallest absolute Gasteiger partial charge is 0.315 e. The molecule has 2 N–H and O–H groups in total. The number of urea groups is 1. The third-order valence-corrected chi connectivity index (χ3v) is 4.48. The maximum atomic E-state index is 12.2. The van der Waals surface area contributed by atoms with Gasteiger partial charge in [0, 0.05) is 18.7 Å². The average Bonchev–Trinajstić information content (AvgIpc) is 2.95. The number of benzene rings is 1. The first-order valence-electron chi connectivity index (χ1n) is 8.91. The van der Waals surface area contributed by atoms with Gasteiger partial charge in [0.1, 0.15) is 11.5 Å². The first-order chi connectivity index (χ1) is 12.0. The van der Waals surface area contributed by atoms with E-state index >= 15 is 0 Å². The number of likely N-dealkylation sites (N-methyl/N-ethyl adjacent to an activating group) is 1. The number of hydrogen-bond acceptors (Lipinski definition) is 3. The van der Waals surface area contributed by atoms with Gasteiger partial charge in [-0.05, 0) is 38.6 Å². The van der Waals surface area contributed by atoms with E-state index < -0.39 is 0 Å². The van der Waals surface area contributed by atoms with Crippen LogP contribution in [0.25, 0.3) is 0 Å². The molecule has 1 aromatic carbocycles. The number of furan rings is 1. The number of rotatable bonds is 8. The second-order valence-corrected chi connectivity index (χ2v) is 6.15. The van der Waals surface area contributed by atoms with Gasteiger partial charge in [-0.2, -0.15) is 0 Å². The van der Waals surface area contributed by atoms with Gasteiger partial charge in [-0.25, -0.2) is 4.79 Å². The summed E-state index contributed by atoms with van der Waals surface area (Å²) in [7, 11) is 0. The lowest BCUT2D eigenvalue weighted by Gasteiger charge is -2.30. The third-order valence-electron chi connectivity index (χ3n) is 4.48. The standard InChI is InChI=1S/C20H29N3O2/c1-5-23(6-2)19(17-10-8-7-9-11-17)14-22-20(24)21-13-18-12-15(3)25-16(18)4/h7-12,19H,5-6,13-14H2,1-4H3,(H2,21,22,24). The Morgan fingerprint density at radius 3 is 2.36 bits per heavy atom. The van der Waals surface area contributed by atoms with Crippen molar-refractivity contribution in [2.75, 3.05) is 19.6 Å². The summed E-state index contributed by atoms with van der Waals surface area (Å²) in [6.45, 7) is 11.0. The number of hydrogen-bond donors (Lipinski definition) is 2. The fraction of sp³-hybridized carbons (Fsp3) is 0.450.